The van der Waals surface area contributed by atoms with Gasteiger partial charge in [-0.2, -0.15) is 4.72 Å². The van der Waals surface area contributed by atoms with Gasteiger partial charge in [-0.3, -0.25) is 10.2 Å². The van der Waals surface area contributed by atoms with Gasteiger partial charge in [-0.25, -0.2) is 13.2 Å². The third kappa shape index (κ3) is 8.23. The molecule has 0 radical (unpaired) electrons. The zero-order valence-corrected chi connectivity index (χ0v) is 26.0. The van der Waals surface area contributed by atoms with Gasteiger partial charge >= 0.3 is 5.97 Å². The molecule has 4 N–H and O–H groups in total. The number of guanidine groups is 1. The van der Waals surface area contributed by atoms with Gasteiger partial charge in [-0.05, 0) is 62.9 Å². The molecule has 0 bridgehead atoms. The fourth-order valence-corrected chi connectivity index (χ4v) is 6.62. The molecule has 14 heteroatoms. The summed E-state index contributed by atoms with van der Waals surface area (Å²) in [4.78, 5) is 31.8. The molecule has 0 saturated carbocycles. The van der Waals surface area contributed by atoms with Crippen LogP contribution in [0.15, 0.2) is 46.4 Å². The van der Waals surface area contributed by atoms with E-state index in [1.165, 1.54) is 12.0 Å². The molecule has 3 heterocycles. The number of fused-ring (bicyclic) bond motifs is 1. The lowest BCUT2D eigenvalue weighted by Crippen LogP contribution is -2.55. The van der Waals surface area contributed by atoms with Crippen molar-refractivity contribution in [3.8, 4) is 0 Å². The van der Waals surface area contributed by atoms with Crippen molar-refractivity contribution in [1.82, 2.24) is 19.4 Å². The number of nitrogens with zero attached hydrogens (tertiary/aromatic N) is 3. The Balaban J connectivity index is 0.00000294. The van der Waals surface area contributed by atoms with Crippen LogP contribution in [-0.4, -0.2) is 93.4 Å². The van der Waals surface area contributed by atoms with Crippen LogP contribution in [-0.2, 0) is 37.3 Å². The van der Waals surface area contributed by atoms with Gasteiger partial charge in [0, 0.05) is 32.7 Å². The number of amides is 1. The van der Waals surface area contributed by atoms with Crippen molar-refractivity contribution in [2.75, 3.05) is 40.3 Å². The number of likely N-dealkylation sites (N-methyl/N-ethyl adjacent to an activating group) is 1. The molecule has 0 unspecified atom stereocenters. The maximum atomic E-state index is 14.0. The minimum atomic E-state index is -4.08. The summed E-state index contributed by atoms with van der Waals surface area (Å²) in [6.45, 7) is 4.51. The Morgan fingerprint density at radius 1 is 1.17 bits per heavy atom. The van der Waals surface area contributed by atoms with Crippen LogP contribution in [0, 0.1) is 5.41 Å². The number of benzene rings is 1. The van der Waals surface area contributed by atoms with Gasteiger partial charge in [0.15, 0.2) is 5.96 Å². The Morgan fingerprint density at radius 3 is 2.59 bits per heavy atom. The van der Waals surface area contributed by atoms with E-state index in [9.17, 15) is 18.0 Å². The summed E-state index contributed by atoms with van der Waals surface area (Å²) in [6.07, 6.45) is 5.69. The summed E-state index contributed by atoms with van der Waals surface area (Å²) < 4.78 is 34.9. The first-order valence-electron chi connectivity index (χ1n) is 13.1. The molecular formula is C27H40Cl2N6O5S. The normalized spacial score (nSPS) is 19.9. The minimum absolute atomic E-state index is 0. The molecule has 4 rings (SSSR count). The predicted octanol–water partition coefficient (Wildman–Crippen LogP) is 1.80. The smallest absolute Gasteiger partial charge is 0.328 e. The van der Waals surface area contributed by atoms with Crippen LogP contribution in [0.1, 0.15) is 37.3 Å². The predicted molar refractivity (Wildman–Crippen MR) is 162 cm³/mol. The van der Waals surface area contributed by atoms with Gasteiger partial charge in [0.25, 0.3) is 0 Å². The van der Waals surface area contributed by atoms with E-state index >= 15 is 0 Å². The Bertz CT molecular complexity index is 1320. The summed E-state index contributed by atoms with van der Waals surface area (Å²) in [6, 6.07) is 3.10. The number of methoxy groups -OCH3 is 1. The fraction of sp³-hybridized carbons (Fsp3) is 0.519. The first kappa shape index (κ1) is 34.6. The zero-order chi connectivity index (χ0) is 28.3. The maximum Gasteiger partial charge on any atom is 0.328 e. The molecule has 1 aromatic carbocycles. The Hall–Kier alpha value is -2.64. The molecule has 0 spiro atoms. The first-order valence-corrected chi connectivity index (χ1v) is 14.6. The van der Waals surface area contributed by atoms with E-state index in [0.29, 0.717) is 32.5 Å². The summed E-state index contributed by atoms with van der Waals surface area (Å²) in [5, 5.41) is 7.80. The average Bonchev–Trinajstić information content (AvgIpc) is 2.91. The number of nitrogens with one attached hydrogen (secondary N) is 2. The van der Waals surface area contributed by atoms with E-state index in [0.717, 1.165) is 35.2 Å². The van der Waals surface area contributed by atoms with Crippen molar-refractivity contribution in [1.29, 1.82) is 5.41 Å². The molecular weight excluding hydrogens is 591 g/mol. The van der Waals surface area contributed by atoms with Crippen molar-refractivity contribution in [3.63, 3.8) is 0 Å². The van der Waals surface area contributed by atoms with Gasteiger partial charge < -0.3 is 25.2 Å². The molecule has 0 fully saturated rings. The zero-order valence-electron chi connectivity index (χ0n) is 23.6. The van der Waals surface area contributed by atoms with E-state index in [-0.39, 0.29) is 48.6 Å². The Labute approximate surface area is 254 Å². The van der Waals surface area contributed by atoms with Crippen LogP contribution in [0.3, 0.4) is 0 Å². The lowest BCUT2D eigenvalue weighted by Gasteiger charge is -2.36. The third-order valence-corrected chi connectivity index (χ3v) is 9.07. The summed E-state index contributed by atoms with van der Waals surface area (Å²) in [7, 11) is -0.819. The number of sulfonamides is 1. The van der Waals surface area contributed by atoms with E-state index in [1.54, 1.807) is 17.0 Å². The van der Waals surface area contributed by atoms with Crippen LogP contribution in [0.4, 0.5) is 0 Å². The average molecular weight is 632 g/mol. The highest BCUT2D eigenvalue weighted by Gasteiger charge is 2.38. The van der Waals surface area contributed by atoms with Gasteiger partial charge in [-0.15, -0.1) is 24.8 Å². The topological polar surface area (TPSA) is 149 Å². The van der Waals surface area contributed by atoms with Crippen LogP contribution in [0.2, 0.25) is 0 Å². The van der Waals surface area contributed by atoms with Gasteiger partial charge in [-0.1, -0.05) is 29.4 Å². The maximum absolute atomic E-state index is 14.0. The number of hydrogen-bond acceptors (Lipinski definition) is 7. The van der Waals surface area contributed by atoms with Crippen LogP contribution >= 0.6 is 24.8 Å². The largest absolute Gasteiger partial charge is 0.467 e. The van der Waals surface area contributed by atoms with Gasteiger partial charge in [0.1, 0.15) is 12.1 Å². The van der Waals surface area contributed by atoms with Crippen molar-refractivity contribution >= 4 is 52.7 Å². The monoisotopic (exact) mass is 630 g/mol. The van der Waals surface area contributed by atoms with E-state index in [4.69, 9.17) is 15.9 Å². The number of ether oxygens (including phenoxy) is 1. The number of carbonyl (C=O) groups excluding carboxylic acids is 2. The van der Waals surface area contributed by atoms with Crippen molar-refractivity contribution in [3.05, 3.63) is 52.6 Å². The second kappa shape index (κ2) is 14.5. The molecule has 11 nitrogen and oxygen atoms in total. The highest BCUT2D eigenvalue weighted by molar-refractivity contribution is 7.89. The second-order valence-electron chi connectivity index (χ2n) is 10.5. The molecule has 1 aromatic rings. The quantitative estimate of drug-likeness (QED) is 0.179. The lowest BCUT2D eigenvalue weighted by atomic mass is 9.97. The van der Waals surface area contributed by atoms with E-state index < -0.39 is 34.0 Å². The number of rotatable bonds is 7. The highest BCUT2D eigenvalue weighted by Crippen LogP contribution is 2.25. The minimum Gasteiger partial charge on any atom is -0.467 e. The number of nitrogens with two attached hydrogens (primary N) is 1. The summed E-state index contributed by atoms with van der Waals surface area (Å²) in [5.74, 6) is -1.13. The Kier molecular flexibility index (Phi) is 12.2. The molecule has 0 aliphatic carbocycles. The lowest BCUT2D eigenvalue weighted by molar-refractivity contribution is -0.153. The van der Waals surface area contributed by atoms with Crippen molar-refractivity contribution in [2.45, 2.75) is 56.1 Å². The molecule has 3 aliphatic heterocycles. The van der Waals surface area contributed by atoms with Crippen LogP contribution in [0.25, 0.3) is 0 Å². The van der Waals surface area contributed by atoms with Gasteiger partial charge in [0.05, 0.1) is 12.0 Å². The van der Waals surface area contributed by atoms with Crippen molar-refractivity contribution < 1.29 is 22.7 Å². The highest BCUT2D eigenvalue weighted by atomic mass is 35.5. The summed E-state index contributed by atoms with van der Waals surface area (Å²) in [5.41, 5.74) is 9.51. The third-order valence-electron chi connectivity index (χ3n) is 7.60. The first-order chi connectivity index (χ1) is 18.5. The fourth-order valence-electron chi connectivity index (χ4n) is 5.38. The number of halogens is 2. The molecule has 41 heavy (non-hydrogen) atoms. The molecule has 2 atom stereocenters. The van der Waals surface area contributed by atoms with Crippen LogP contribution < -0.4 is 10.5 Å². The second-order valence-corrected chi connectivity index (χ2v) is 12.3. The number of hydrogen-bond donors (Lipinski definition) is 3. The Morgan fingerprint density at radius 2 is 1.90 bits per heavy atom. The molecule has 3 aliphatic rings. The van der Waals surface area contributed by atoms with E-state index in [2.05, 4.69) is 9.62 Å². The molecule has 0 saturated heterocycles. The van der Waals surface area contributed by atoms with E-state index in [1.807, 2.05) is 32.2 Å². The van der Waals surface area contributed by atoms with Gasteiger partial charge in [0.2, 0.25) is 15.9 Å². The van der Waals surface area contributed by atoms with Crippen LogP contribution in [0.5, 0.6) is 0 Å². The molecule has 0 aromatic heterocycles. The number of esters is 1. The number of carbonyl (C=O) groups is 2. The summed E-state index contributed by atoms with van der Waals surface area (Å²) >= 11 is 0. The standard InChI is InChI=1S/C27H38N6O5S.2ClH/c1-18-8-12-33(24(13-18)26(35)38-3)25(34)23(14-19-5-4-10-32(16-19)27(28)29)30-39(36,37)22-7-6-20-9-11-31(2)17-21(20)15-22;;/h5-8,15,23-24,30H,4,9-14,16-17H2,1-3H3,(H3,28,29);2*1H/t23-,24+;;/m0../s1. The molecule has 1 amide bonds. The SMILES string of the molecule is COC(=O)[C@H]1CC(C)=CCN1C(=O)[C@H](CC1=CCCN(C(=N)N)C1)NS(=O)(=O)c1ccc2c(c1)CN(C)CC2.Cl.Cl. The van der Waals surface area contributed by atoms with Crippen molar-refractivity contribution in [2.24, 2.45) is 5.73 Å². The molecule has 228 valence electrons.